The first-order valence-electron chi connectivity index (χ1n) is 7.84. The van der Waals surface area contributed by atoms with Crippen molar-refractivity contribution in [2.24, 2.45) is 0 Å². The molecule has 25 heavy (non-hydrogen) atoms. The van der Waals surface area contributed by atoms with Crippen LogP contribution >= 0.6 is 0 Å². The van der Waals surface area contributed by atoms with Crippen molar-refractivity contribution >= 4 is 23.0 Å². The minimum absolute atomic E-state index is 0.153. The van der Waals surface area contributed by atoms with E-state index in [1.54, 1.807) is 34.9 Å². The SMILES string of the molecule is C=CCNC(=O)c1nc(C(=O)Nc2ccc(C)cc2)n2ccccc12. The number of aromatic nitrogens is 2. The number of carbonyl (C=O) groups is 2. The number of rotatable bonds is 5. The van der Waals surface area contributed by atoms with E-state index in [1.165, 1.54) is 0 Å². The number of nitrogens with zero attached hydrogens (tertiary/aromatic N) is 2. The average molecular weight is 334 g/mol. The van der Waals surface area contributed by atoms with Gasteiger partial charge in [-0.15, -0.1) is 6.58 Å². The molecule has 0 fully saturated rings. The molecule has 0 saturated heterocycles. The zero-order valence-corrected chi connectivity index (χ0v) is 13.8. The van der Waals surface area contributed by atoms with Crippen LogP contribution < -0.4 is 10.6 Å². The highest BCUT2D eigenvalue weighted by molar-refractivity contribution is 6.06. The molecule has 126 valence electrons. The van der Waals surface area contributed by atoms with E-state index in [1.807, 2.05) is 31.2 Å². The second kappa shape index (κ2) is 7.00. The lowest BCUT2D eigenvalue weighted by molar-refractivity contribution is 0.0955. The van der Waals surface area contributed by atoms with Crippen LogP contribution in [0.3, 0.4) is 0 Å². The maximum absolute atomic E-state index is 12.6. The van der Waals surface area contributed by atoms with Gasteiger partial charge in [-0.05, 0) is 31.2 Å². The summed E-state index contributed by atoms with van der Waals surface area (Å²) < 4.78 is 1.60. The molecule has 0 spiro atoms. The zero-order chi connectivity index (χ0) is 17.8. The van der Waals surface area contributed by atoms with Crippen molar-refractivity contribution in [3.63, 3.8) is 0 Å². The molecule has 2 aromatic heterocycles. The second-order valence-electron chi connectivity index (χ2n) is 5.56. The third-order valence-corrected chi connectivity index (χ3v) is 3.68. The number of benzene rings is 1. The molecule has 0 aliphatic heterocycles. The molecule has 6 heteroatoms. The maximum atomic E-state index is 12.6. The molecule has 2 heterocycles. The number of pyridine rings is 1. The van der Waals surface area contributed by atoms with E-state index < -0.39 is 0 Å². The van der Waals surface area contributed by atoms with Gasteiger partial charge in [0.25, 0.3) is 11.8 Å². The fourth-order valence-corrected chi connectivity index (χ4v) is 2.44. The quantitative estimate of drug-likeness (QED) is 0.705. The van der Waals surface area contributed by atoms with E-state index in [9.17, 15) is 9.59 Å². The Bertz CT molecular complexity index is 942. The molecule has 0 unspecified atom stereocenters. The van der Waals surface area contributed by atoms with E-state index in [0.29, 0.717) is 17.7 Å². The number of nitrogens with one attached hydrogen (secondary N) is 2. The molecular weight excluding hydrogens is 316 g/mol. The Morgan fingerprint density at radius 1 is 1.16 bits per heavy atom. The molecule has 0 atom stereocenters. The number of carbonyl (C=O) groups excluding carboxylic acids is 2. The number of anilines is 1. The molecular formula is C19H18N4O2. The average Bonchev–Trinajstić information content (AvgIpc) is 3.01. The Balaban J connectivity index is 1.95. The number of hydrogen-bond donors (Lipinski definition) is 2. The van der Waals surface area contributed by atoms with E-state index in [0.717, 1.165) is 5.56 Å². The lowest BCUT2D eigenvalue weighted by atomic mass is 10.2. The largest absolute Gasteiger partial charge is 0.347 e. The van der Waals surface area contributed by atoms with Gasteiger partial charge in [0, 0.05) is 18.4 Å². The summed E-state index contributed by atoms with van der Waals surface area (Å²) in [6.45, 7) is 5.87. The standard InChI is InChI=1S/C19H18N4O2/c1-3-11-20-18(24)16-15-6-4-5-12-23(15)17(22-16)19(25)21-14-9-7-13(2)8-10-14/h3-10,12H,1,11H2,2H3,(H,20,24)(H,21,25). The number of amides is 2. The summed E-state index contributed by atoms with van der Waals surface area (Å²) >= 11 is 0. The molecule has 0 aliphatic rings. The third-order valence-electron chi connectivity index (χ3n) is 3.68. The zero-order valence-electron chi connectivity index (χ0n) is 13.8. The van der Waals surface area contributed by atoms with Crippen LogP contribution in [0.15, 0.2) is 61.3 Å². The summed E-state index contributed by atoms with van der Waals surface area (Å²) in [5.74, 6) is -0.578. The van der Waals surface area contributed by atoms with Crippen molar-refractivity contribution in [2.75, 3.05) is 11.9 Å². The van der Waals surface area contributed by atoms with Crippen LogP contribution in [0, 0.1) is 6.92 Å². The lowest BCUT2D eigenvalue weighted by Crippen LogP contribution is -2.24. The van der Waals surface area contributed by atoms with Crippen molar-refractivity contribution < 1.29 is 9.59 Å². The Kier molecular flexibility index (Phi) is 4.61. The Hall–Kier alpha value is -3.41. The molecule has 3 rings (SSSR count). The fourth-order valence-electron chi connectivity index (χ4n) is 2.44. The van der Waals surface area contributed by atoms with E-state index >= 15 is 0 Å². The molecule has 3 aromatic rings. The summed E-state index contributed by atoms with van der Waals surface area (Å²) in [6, 6.07) is 12.8. The second-order valence-corrected chi connectivity index (χ2v) is 5.56. The summed E-state index contributed by atoms with van der Waals surface area (Å²) in [5, 5.41) is 5.49. The van der Waals surface area contributed by atoms with Crippen LogP contribution in [0.5, 0.6) is 0 Å². The first kappa shape index (κ1) is 16.4. The van der Waals surface area contributed by atoms with Gasteiger partial charge >= 0.3 is 0 Å². The summed E-state index contributed by atoms with van der Waals surface area (Å²) in [7, 11) is 0. The molecule has 0 radical (unpaired) electrons. The first-order valence-corrected chi connectivity index (χ1v) is 7.84. The van der Waals surface area contributed by atoms with Gasteiger partial charge < -0.3 is 10.6 Å². The molecule has 2 amide bonds. The van der Waals surface area contributed by atoms with Crippen LogP contribution in [0.25, 0.3) is 5.52 Å². The van der Waals surface area contributed by atoms with Gasteiger partial charge in [0.05, 0.1) is 5.52 Å². The van der Waals surface area contributed by atoms with Crippen molar-refractivity contribution in [3.05, 3.63) is 78.4 Å². The van der Waals surface area contributed by atoms with E-state index in [-0.39, 0.29) is 23.3 Å². The van der Waals surface area contributed by atoms with Crippen LogP contribution in [0.4, 0.5) is 5.69 Å². The highest BCUT2D eigenvalue weighted by atomic mass is 16.2. The topological polar surface area (TPSA) is 75.5 Å². The van der Waals surface area contributed by atoms with E-state index in [2.05, 4.69) is 22.2 Å². The van der Waals surface area contributed by atoms with Crippen molar-refractivity contribution in [3.8, 4) is 0 Å². The lowest BCUT2D eigenvalue weighted by Gasteiger charge is -2.04. The third kappa shape index (κ3) is 3.42. The summed E-state index contributed by atoms with van der Waals surface area (Å²) in [5.41, 5.74) is 2.54. The highest BCUT2D eigenvalue weighted by Gasteiger charge is 2.21. The number of aryl methyl sites for hydroxylation is 1. The van der Waals surface area contributed by atoms with Crippen LogP contribution in [0.2, 0.25) is 0 Å². The Morgan fingerprint density at radius 3 is 2.64 bits per heavy atom. The molecule has 0 bridgehead atoms. The van der Waals surface area contributed by atoms with Crippen LogP contribution in [-0.2, 0) is 0 Å². The summed E-state index contributed by atoms with van der Waals surface area (Å²) in [4.78, 5) is 29.2. The predicted octanol–water partition coefficient (Wildman–Crippen LogP) is 2.81. The van der Waals surface area contributed by atoms with Crippen LogP contribution in [-0.4, -0.2) is 27.7 Å². The first-order chi connectivity index (χ1) is 12.1. The van der Waals surface area contributed by atoms with Gasteiger partial charge in [-0.25, -0.2) is 4.98 Å². The monoisotopic (exact) mass is 334 g/mol. The fraction of sp³-hybridized carbons (Fsp3) is 0.105. The van der Waals surface area contributed by atoms with Crippen molar-refractivity contribution in [2.45, 2.75) is 6.92 Å². The molecule has 6 nitrogen and oxygen atoms in total. The summed E-state index contributed by atoms with van der Waals surface area (Å²) in [6.07, 6.45) is 3.29. The maximum Gasteiger partial charge on any atom is 0.292 e. The molecule has 0 saturated carbocycles. The minimum Gasteiger partial charge on any atom is -0.347 e. The van der Waals surface area contributed by atoms with Crippen molar-refractivity contribution in [1.29, 1.82) is 0 Å². The number of fused-ring (bicyclic) bond motifs is 1. The highest BCUT2D eigenvalue weighted by Crippen LogP contribution is 2.15. The smallest absolute Gasteiger partial charge is 0.292 e. The van der Waals surface area contributed by atoms with Gasteiger partial charge in [0.1, 0.15) is 0 Å². The molecule has 2 N–H and O–H groups in total. The van der Waals surface area contributed by atoms with Gasteiger partial charge in [0.15, 0.2) is 5.69 Å². The Labute approximate surface area is 145 Å². The Morgan fingerprint density at radius 2 is 1.92 bits per heavy atom. The van der Waals surface area contributed by atoms with Gasteiger partial charge in [-0.3, -0.25) is 14.0 Å². The molecule has 0 aliphatic carbocycles. The number of imidazole rings is 1. The van der Waals surface area contributed by atoms with Crippen molar-refractivity contribution in [1.82, 2.24) is 14.7 Å². The van der Waals surface area contributed by atoms with Gasteiger partial charge in [-0.2, -0.15) is 0 Å². The number of hydrogen-bond acceptors (Lipinski definition) is 3. The van der Waals surface area contributed by atoms with Gasteiger partial charge in [-0.1, -0.05) is 29.8 Å². The minimum atomic E-state index is -0.382. The molecule has 1 aromatic carbocycles. The van der Waals surface area contributed by atoms with Gasteiger partial charge in [0.2, 0.25) is 5.82 Å². The van der Waals surface area contributed by atoms with E-state index in [4.69, 9.17) is 0 Å². The normalized spacial score (nSPS) is 10.4. The predicted molar refractivity (Wildman–Crippen MR) is 96.9 cm³/mol. The van der Waals surface area contributed by atoms with Crippen LogP contribution in [0.1, 0.15) is 26.7 Å².